The smallest absolute Gasteiger partial charge is 0.359 e. The number of anilines is 1. The van der Waals surface area contributed by atoms with Crippen molar-refractivity contribution in [1.29, 1.82) is 0 Å². The zero-order chi connectivity index (χ0) is 25.4. The Morgan fingerprint density at radius 1 is 0.971 bits per heavy atom. The summed E-state index contributed by atoms with van der Waals surface area (Å²) in [7, 11) is -3.61. The van der Waals surface area contributed by atoms with Crippen LogP contribution in [0.25, 0.3) is 0 Å². The second kappa shape index (κ2) is 11.5. The lowest BCUT2D eigenvalue weighted by atomic mass is 10.2. The number of nitrogens with zero attached hydrogens (tertiary/aromatic N) is 3. The molecule has 184 valence electrons. The van der Waals surface area contributed by atoms with Crippen molar-refractivity contribution in [2.75, 3.05) is 25.0 Å². The molecular weight excluding hydrogens is 472 g/mol. The van der Waals surface area contributed by atoms with Gasteiger partial charge >= 0.3 is 5.97 Å². The lowest BCUT2D eigenvalue weighted by Crippen LogP contribution is -2.30. The quantitative estimate of drug-likeness (QED) is 0.424. The minimum atomic E-state index is -3.61. The summed E-state index contributed by atoms with van der Waals surface area (Å²) in [5, 5.41) is 6.56. The Bertz CT molecular complexity index is 1330. The molecule has 35 heavy (non-hydrogen) atoms. The number of esters is 1. The van der Waals surface area contributed by atoms with Crippen LogP contribution < -0.4 is 10.9 Å². The molecule has 0 aliphatic heterocycles. The first-order valence-corrected chi connectivity index (χ1v) is 12.4. The number of carbonyl (C=O) groups is 2. The van der Waals surface area contributed by atoms with Gasteiger partial charge in [-0.1, -0.05) is 44.2 Å². The number of aromatic nitrogens is 2. The van der Waals surface area contributed by atoms with Crippen LogP contribution in [0.2, 0.25) is 0 Å². The summed E-state index contributed by atoms with van der Waals surface area (Å²) in [6, 6.07) is 17.3. The third kappa shape index (κ3) is 6.61. The molecule has 3 aromatic rings. The van der Waals surface area contributed by atoms with Crippen molar-refractivity contribution < 1.29 is 22.7 Å². The van der Waals surface area contributed by atoms with Crippen LogP contribution in [0.5, 0.6) is 0 Å². The molecule has 0 aliphatic rings. The van der Waals surface area contributed by atoms with E-state index in [0.29, 0.717) is 18.8 Å². The molecule has 0 bridgehead atoms. The average molecular weight is 499 g/mol. The van der Waals surface area contributed by atoms with E-state index in [0.717, 1.165) is 10.2 Å². The van der Waals surface area contributed by atoms with E-state index in [1.807, 2.05) is 30.3 Å². The Hall–Kier alpha value is -3.83. The molecule has 11 heteroatoms. The molecule has 1 aromatic heterocycles. The maximum atomic E-state index is 12.5. The van der Waals surface area contributed by atoms with Crippen molar-refractivity contribution >= 4 is 27.6 Å². The Labute approximate surface area is 203 Å². The lowest BCUT2D eigenvalue weighted by molar-refractivity contribution is -0.119. The van der Waals surface area contributed by atoms with Crippen LogP contribution in [0.3, 0.4) is 0 Å². The van der Waals surface area contributed by atoms with Crippen molar-refractivity contribution in [3.05, 3.63) is 88.3 Å². The molecule has 1 N–H and O–H groups in total. The lowest BCUT2D eigenvalue weighted by Gasteiger charge is -2.18. The maximum Gasteiger partial charge on any atom is 0.359 e. The summed E-state index contributed by atoms with van der Waals surface area (Å²) in [5.41, 5.74) is 0.691. The normalized spacial score (nSPS) is 11.3. The monoisotopic (exact) mass is 498 g/mol. The van der Waals surface area contributed by atoms with Gasteiger partial charge in [0.1, 0.15) is 0 Å². The number of ether oxygens (including phenoxy) is 1. The van der Waals surface area contributed by atoms with Crippen molar-refractivity contribution in [1.82, 2.24) is 14.1 Å². The van der Waals surface area contributed by atoms with Gasteiger partial charge in [0.05, 0.1) is 11.4 Å². The highest BCUT2D eigenvalue weighted by molar-refractivity contribution is 7.89. The van der Waals surface area contributed by atoms with Gasteiger partial charge in [-0.15, -0.1) is 0 Å². The molecule has 0 saturated carbocycles. The van der Waals surface area contributed by atoms with E-state index in [-0.39, 0.29) is 22.7 Å². The van der Waals surface area contributed by atoms with Crippen molar-refractivity contribution in [2.24, 2.45) is 0 Å². The van der Waals surface area contributed by atoms with Crippen LogP contribution in [0, 0.1) is 0 Å². The molecule has 0 fully saturated rings. The van der Waals surface area contributed by atoms with E-state index in [1.165, 1.54) is 40.7 Å². The van der Waals surface area contributed by atoms with E-state index >= 15 is 0 Å². The van der Waals surface area contributed by atoms with E-state index in [9.17, 15) is 22.8 Å². The third-order valence-corrected chi connectivity index (χ3v) is 7.13. The van der Waals surface area contributed by atoms with E-state index in [1.54, 1.807) is 13.8 Å². The number of nitrogens with one attached hydrogen (secondary N) is 1. The number of sulfonamides is 1. The van der Waals surface area contributed by atoms with Crippen LogP contribution in [0.1, 0.15) is 29.9 Å². The largest absolute Gasteiger partial charge is 0.451 e. The number of hydrogen-bond acceptors (Lipinski definition) is 7. The summed E-state index contributed by atoms with van der Waals surface area (Å²) < 4.78 is 32.6. The summed E-state index contributed by atoms with van der Waals surface area (Å²) >= 11 is 0. The summed E-state index contributed by atoms with van der Waals surface area (Å²) in [5.74, 6) is -1.47. The molecule has 3 rings (SSSR count). The predicted molar refractivity (Wildman–Crippen MR) is 130 cm³/mol. The van der Waals surface area contributed by atoms with E-state index < -0.39 is 28.5 Å². The topological polar surface area (TPSA) is 128 Å². The molecule has 1 heterocycles. The average Bonchev–Trinajstić information content (AvgIpc) is 2.85. The predicted octanol–water partition coefficient (Wildman–Crippen LogP) is 2.12. The van der Waals surface area contributed by atoms with E-state index in [4.69, 9.17) is 4.74 Å². The second-order valence-electron chi connectivity index (χ2n) is 7.44. The Kier molecular flexibility index (Phi) is 8.50. The van der Waals surface area contributed by atoms with Gasteiger partial charge < -0.3 is 10.1 Å². The first kappa shape index (κ1) is 25.8. The Morgan fingerprint density at radius 2 is 1.63 bits per heavy atom. The Balaban J connectivity index is 1.58. The highest BCUT2D eigenvalue weighted by Gasteiger charge is 2.21. The minimum absolute atomic E-state index is 0.112. The van der Waals surface area contributed by atoms with Crippen LogP contribution in [-0.2, 0) is 26.1 Å². The second-order valence-corrected chi connectivity index (χ2v) is 9.38. The van der Waals surface area contributed by atoms with Crippen LogP contribution >= 0.6 is 0 Å². The highest BCUT2D eigenvalue weighted by Crippen LogP contribution is 2.18. The maximum absolute atomic E-state index is 12.5. The molecular formula is C24H26N4O6S. The molecule has 0 spiro atoms. The van der Waals surface area contributed by atoms with Crippen LogP contribution in [0.15, 0.2) is 76.4 Å². The van der Waals surface area contributed by atoms with Crippen molar-refractivity contribution in [3.63, 3.8) is 0 Å². The molecule has 0 radical (unpaired) electrons. The van der Waals surface area contributed by atoms with Gasteiger partial charge in [0.2, 0.25) is 10.0 Å². The fourth-order valence-corrected chi connectivity index (χ4v) is 4.71. The van der Waals surface area contributed by atoms with Gasteiger partial charge in [0, 0.05) is 24.8 Å². The highest BCUT2D eigenvalue weighted by atomic mass is 32.2. The third-order valence-electron chi connectivity index (χ3n) is 5.07. The van der Waals surface area contributed by atoms with Gasteiger partial charge in [-0.3, -0.25) is 9.59 Å². The van der Waals surface area contributed by atoms with Crippen molar-refractivity contribution in [3.8, 4) is 0 Å². The van der Waals surface area contributed by atoms with Gasteiger partial charge in [-0.25, -0.2) is 17.9 Å². The standard InChI is InChI=1S/C24H26N4O6S/c1-3-27(4-2)35(32,33)20-12-10-19(11-13-20)25-22(29)17-34-24(31)21-14-15-23(30)28(26-21)16-18-8-6-5-7-9-18/h5-15H,3-4,16-17H2,1-2H3,(H,25,29). The Morgan fingerprint density at radius 3 is 2.26 bits per heavy atom. The fraction of sp³-hybridized carbons (Fsp3) is 0.250. The SMILES string of the molecule is CCN(CC)S(=O)(=O)c1ccc(NC(=O)COC(=O)c2ccc(=O)n(Cc3ccccc3)n2)cc1. The molecule has 1 amide bonds. The zero-order valence-electron chi connectivity index (χ0n) is 19.4. The molecule has 2 aromatic carbocycles. The minimum Gasteiger partial charge on any atom is -0.451 e. The van der Waals surface area contributed by atoms with Crippen LogP contribution in [0.4, 0.5) is 5.69 Å². The zero-order valence-corrected chi connectivity index (χ0v) is 20.2. The summed E-state index contributed by atoms with van der Waals surface area (Å²) in [4.78, 5) is 36.7. The van der Waals surface area contributed by atoms with E-state index in [2.05, 4.69) is 10.4 Å². The number of rotatable bonds is 10. The fourth-order valence-electron chi connectivity index (χ4n) is 3.25. The van der Waals surface area contributed by atoms with Crippen molar-refractivity contribution in [2.45, 2.75) is 25.3 Å². The molecule has 0 saturated heterocycles. The summed E-state index contributed by atoms with van der Waals surface area (Å²) in [6.45, 7) is 3.80. The van der Waals surface area contributed by atoms with Gasteiger partial charge in [-0.05, 0) is 35.9 Å². The molecule has 0 unspecified atom stereocenters. The molecule has 0 aliphatic carbocycles. The number of amides is 1. The summed E-state index contributed by atoms with van der Waals surface area (Å²) in [6.07, 6.45) is 0. The molecule has 10 nitrogen and oxygen atoms in total. The number of carbonyl (C=O) groups excluding carboxylic acids is 2. The number of benzene rings is 2. The van der Waals surface area contributed by atoms with Gasteiger partial charge in [-0.2, -0.15) is 9.40 Å². The van der Waals surface area contributed by atoms with Crippen LogP contribution in [-0.4, -0.2) is 54.1 Å². The first-order chi connectivity index (χ1) is 16.7. The number of hydrogen-bond donors (Lipinski definition) is 1. The molecule has 0 atom stereocenters. The van der Waals surface area contributed by atoms with Gasteiger partial charge in [0.15, 0.2) is 12.3 Å². The first-order valence-electron chi connectivity index (χ1n) is 10.9. The van der Waals surface area contributed by atoms with Gasteiger partial charge in [0.25, 0.3) is 11.5 Å².